The van der Waals surface area contributed by atoms with Crippen LogP contribution < -0.4 is 0 Å². The molecule has 6 nitrogen and oxygen atoms in total. The summed E-state index contributed by atoms with van der Waals surface area (Å²) in [7, 11) is 0. The molecule has 1 aliphatic carbocycles. The van der Waals surface area contributed by atoms with Crippen LogP contribution in [0.4, 0.5) is 0 Å². The van der Waals surface area contributed by atoms with Crippen molar-refractivity contribution in [3.63, 3.8) is 0 Å². The first-order valence-corrected chi connectivity index (χ1v) is 11.0. The van der Waals surface area contributed by atoms with Crippen LogP contribution in [-0.2, 0) is 19.1 Å². The van der Waals surface area contributed by atoms with Gasteiger partial charge in [0.05, 0.1) is 11.8 Å². The molecule has 1 fully saturated rings. The molecule has 2 unspecified atom stereocenters. The summed E-state index contributed by atoms with van der Waals surface area (Å²) in [5, 5.41) is 0.994. The van der Waals surface area contributed by atoms with Crippen LogP contribution in [0.3, 0.4) is 0 Å². The fourth-order valence-electron chi connectivity index (χ4n) is 3.62. The molecule has 0 aliphatic heterocycles. The number of Topliss-reactive ketones (excluding diaryl/α,β-unsaturated/α-hetero) is 2. The SMILES string of the molecule is O=C(COC(=O)C1CCCCC1C(=O)OCC(=O)c1ccc(Cl)cc1)c1ccc(Cl)cc1. The lowest BCUT2D eigenvalue weighted by atomic mass is 9.79. The molecule has 1 saturated carbocycles. The van der Waals surface area contributed by atoms with E-state index in [-0.39, 0.29) is 11.6 Å². The summed E-state index contributed by atoms with van der Waals surface area (Å²) >= 11 is 11.6. The highest BCUT2D eigenvalue weighted by molar-refractivity contribution is 6.31. The Morgan fingerprint density at radius 3 is 1.34 bits per heavy atom. The number of ketones is 2. The Hall–Kier alpha value is -2.70. The molecule has 8 heteroatoms. The first-order valence-electron chi connectivity index (χ1n) is 10.3. The lowest BCUT2D eigenvalue weighted by Crippen LogP contribution is -2.36. The van der Waals surface area contributed by atoms with E-state index in [9.17, 15) is 19.2 Å². The third-order valence-corrected chi connectivity index (χ3v) is 5.90. The van der Waals surface area contributed by atoms with E-state index in [4.69, 9.17) is 32.7 Å². The van der Waals surface area contributed by atoms with E-state index < -0.39 is 37.0 Å². The van der Waals surface area contributed by atoms with E-state index >= 15 is 0 Å². The number of carbonyl (C=O) groups is 4. The molecule has 1 aliphatic rings. The average molecular weight is 477 g/mol. The number of carbonyl (C=O) groups excluding carboxylic acids is 4. The Morgan fingerprint density at radius 1 is 0.656 bits per heavy atom. The molecule has 0 aromatic heterocycles. The second-order valence-corrected chi connectivity index (χ2v) is 8.45. The van der Waals surface area contributed by atoms with Gasteiger partial charge in [0.25, 0.3) is 0 Å². The number of hydrogen-bond acceptors (Lipinski definition) is 6. The van der Waals surface area contributed by atoms with Gasteiger partial charge in [-0.05, 0) is 61.4 Å². The van der Waals surface area contributed by atoms with Crippen molar-refractivity contribution in [3.8, 4) is 0 Å². The number of rotatable bonds is 8. The van der Waals surface area contributed by atoms with Crippen molar-refractivity contribution in [2.24, 2.45) is 11.8 Å². The van der Waals surface area contributed by atoms with Gasteiger partial charge in [-0.2, -0.15) is 0 Å². The number of hydrogen-bond donors (Lipinski definition) is 0. The third kappa shape index (κ3) is 6.40. The van der Waals surface area contributed by atoms with Crippen LogP contribution in [0.15, 0.2) is 48.5 Å². The molecule has 2 atom stereocenters. The molecule has 2 aromatic rings. The van der Waals surface area contributed by atoms with Crippen LogP contribution in [0.5, 0.6) is 0 Å². The van der Waals surface area contributed by atoms with Gasteiger partial charge in [-0.1, -0.05) is 36.0 Å². The lowest BCUT2D eigenvalue weighted by molar-refractivity contribution is -0.161. The molecule has 0 spiro atoms. The Labute approximate surface area is 195 Å². The van der Waals surface area contributed by atoms with Crippen LogP contribution in [0.2, 0.25) is 10.0 Å². The molecule has 0 radical (unpaired) electrons. The third-order valence-electron chi connectivity index (χ3n) is 5.39. The maximum Gasteiger partial charge on any atom is 0.310 e. The monoisotopic (exact) mass is 476 g/mol. The summed E-state index contributed by atoms with van der Waals surface area (Å²) in [6, 6.07) is 12.5. The molecule has 0 N–H and O–H groups in total. The van der Waals surface area contributed by atoms with E-state index in [0.29, 0.717) is 34.0 Å². The number of benzene rings is 2. The molecular formula is C24H22Cl2O6. The van der Waals surface area contributed by atoms with Crippen LogP contribution in [0, 0.1) is 11.8 Å². The van der Waals surface area contributed by atoms with E-state index in [1.807, 2.05) is 0 Å². The molecule has 168 valence electrons. The van der Waals surface area contributed by atoms with Crippen LogP contribution >= 0.6 is 23.2 Å². The van der Waals surface area contributed by atoms with Gasteiger partial charge in [0, 0.05) is 21.2 Å². The summed E-state index contributed by atoms with van der Waals surface area (Å²) < 4.78 is 10.4. The summed E-state index contributed by atoms with van der Waals surface area (Å²) in [4.78, 5) is 49.7. The van der Waals surface area contributed by atoms with Crippen molar-refractivity contribution in [1.29, 1.82) is 0 Å². The van der Waals surface area contributed by atoms with Gasteiger partial charge >= 0.3 is 11.9 Å². The first kappa shape index (κ1) is 24.0. The van der Waals surface area contributed by atoms with Crippen molar-refractivity contribution in [3.05, 3.63) is 69.7 Å². The zero-order valence-electron chi connectivity index (χ0n) is 17.2. The second kappa shape index (κ2) is 11.2. The maximum absolute atomic E-state index is 12.6. The Kier molecular flexibility index (Phi) is 8.42. The normalized spacial score (nSPS) is 17.9. The molecular weight excluding hydrogens is 455 g/mol. The van der Waals surface area contributed by atoms with Crippen molar-refractivity contribution < 1.29 is 28.7 Å². The summed E-state index contributed by atoms with van der Waals surface area (Å²) in [6.45, 7) is -0.846. The average Bonchev–Trinajstić information content (AvgIpc) is 2.81. The maximum atomic E-state index is 12.6. The highest BCUT2D eigenvalue weighted by atomic mass is 35.5. The van der Waals surface area contributed by atoms with Gasteiger partial charge in [-0.25, -0.2) is 0 Å². The van der Waals surface area contributed by atoms with E-state index in [1.165, 1.54) is 0 Å². The van der Waals surface area contributed by atoms with Gasteiger partial charge in [-0.15, -0.1) is 0 Å². The second-order valence-electron chi connectivity index (χ2n) is 7.57. The lowest BCUT2D eigenvalue weighted by Gasteiger charge is -2.28. The topological polar surface area (TPSA) is 86.7 Å². The number of halogens is 2. The fourth-order valence-corrected chi connectivity index (χ4v) is 3.87. The van der Waals surface area contributed by atoms with Gasteiger partial charge < -0.3 is 9.47 Å². The fraction of sp³-hybridized carbons (Fsp3) is 0.333. The zero-order chi connectivity index (χ0) is 23.1. The minimum absolute atomic E-state index is 0.362. The Morgan fingerprint density at radius 2 is 1.00 bits per heavy atom. The summed E-state index contributed by atoms with van der Waals surface area (Å²) in [6.07, 6.45) is 2.44. The van der Waals surface area contributed by atoms with Crippen molar-refractivity contribution in [2.45, 2.75) is 25.7 Å². The highest BCUT2D eigenvalue weighted by Gasteiger charge is 2.38. The van der Waals surface area contributed by atoms with E-state index in [2.05, 4.69) is 0 Å². The van der Waals surface area contributed by atoms with Crippen molar-refractivity contribution >= 4 is 46.7 Å². The summed E-state index contributed by atoms with van der Waals surface area (Å²) in [5.74, 6) is -3.37. The van der Waals surface area contributed by atoms with Gasteiger partial charge in [0.15, 0.2) is 24.8 Å². The van der Waals surface area contributed by atoms with Gasteiger partial charge in [0.2, 0.25) is 0 Å². The first-order chi connectivity index (χ1) is 15.3. The van der Waals surface area contributed by atoms with Gasteiger partial charge in [0.1, 0.15) is 0 Å². The van der Waals surface area contributed by atoms with E-state index in [1.54, 1.807) is 48.5 Å². The minimum Gasteiger partial charge on any atom is -0.457 e. The molecule has 32 heavy (non-hydrogen) atoms. The van der Waals surface area contributed by atoms with Crippen LogP contribution in [0.1, 0.15) is 46.4 Å². The molecule has 3 rings (SSSR count). The van der Waals surface area contributed by atoms with Crippen molar-refractivity contribution in [2.75, 3.05) is 13.2 Å². The molecule has 0 heterocycles. The minimum atomic E-state index is -0.708. The molecule has 2 aromatic carbocycles. The summed E-state index contributed by atoms with van der Waals surface area (Å²) in [5.41, 5.74) is 0.755. The van der Waals surface area contributed by atoms with Gasteiger partial charge in [-0.3, -0.25) is 19.2 Å². The predicted molar refractivity (Wildman–Crippen MR) is 119 cm³/mol. The Bertz CT molecular complexity index is 903. The predicted octanol–water partition coefficient (Wildman–Crippen LogP) is 4.95. The quantitative estimate of drug-likeness (QED) is 0.395. The Balaban J connectivity index is 1.54. The smallest absolute Gasteiger partial charge is 0.310 e. The molecule has 0 amide bonds. The zero-order valence-corrected chi connectivity index (χ0v) is 18.7. The highest BCUT2D eigenvalue weighted by Crippen LogP contribution is 2.32. The van der Waals surface area contributed by atoms with Crippen molar-refractivity contribution in [1.82, 2.24) is 0 Å². The molecule has 0 bridgehead atoms. The van der Waals surface area contributed by atoms with E-state index in [0.717, 1.165) is 12.8 Å². The number of esters is 2. The van der Waals surface area contributed by atoms with Crippen LogP contribution in [0.25, 0.3) is 0 Å². The largest absolute Gasteiger partial charge is 0.457 e. The molecule has 0 saturated heterocycles. The number of ether oxygens (including phenoxy) is 2. The standard InChI is InChI=1S/C24H22Cl2O6/c25-17-9-5-15(6-10-17)21(27)13-31-23(29)19-3-1-2-4-20(19)24(30)32-14-22(28)16-7-11-18(26)12-8-16/h5-12,19-20H,1-4,13-14H2. The van der Waals surface area contributed by atoms with Crippen LogP contribution in [-0.4, -0.2) is 36.7 Å².